The zero-order valence-electron chi connectivity index (χ0n) is 11.3. The van der Waals surface area contributed by atoms with E-state index in [1.54, 1.807) is 0 Å². The fourth-order valence-electron chi connectivity index (χ4n) is 1.86. The van der Waals surface area contributed by atoms with Crippen LogP contribution in [0.15, 0.2) is 30.3 Å². The fourth-order valence-corrected chi connectivity index (χ4v) is 1.86. The maximum Gasteiger partial charge on any atom is 0.326 e. The Labute approximate surface area is 118 Å². The van der Waals surface area contributed by atoms with Gasteiger partial charge in [-0.3, -0.25) is 0 Å². The average Bonchev–Trinajstić information content (AvgIpc) is 2.41. The highest BCUT2D eigenvalue weighted by Crippen LogP contribution is 2.02. The molecule has 0 fully saturated rings. The molecule has 0 bridgehead atoms. The Bertz CT molecular complexity index is 423. The van der Waals surface area contributed by atoms with Crippen LogP contribution in [0.25, 0.3) is 0 Å². The summed E-state index contributed by atoms with van der Waals surface area (Å²) in [6.45, 7) is 1.60. The van der Waals surface area contributed by atoms with Crippen molar-refractivity contribution in [3.63, 3.8) is 0 Å². The van der Waals surface area contributed by atoms with E-state index in [9.17, 15) is 9.59 Å². The normalized spacial score (nSPS) is 11.8. The molecule has 5 N–H and O–H groups in total. The van der Waals surface area contributed by atoms with Crippen LogP contribution in [0.2, 0.25) is 0 Å². The number of aliphatic carboxylic acids is 1. The second-order valence-electron chi connectivity index (χ2n) is 4.56. The first kappa shape index (κ1) is 16.0. The molecule has 2 amide bonds. The first-order chi connectivity index (χ1) is 9.59. The van der Waals surface area contributed by atoms with E-state index in [0.29, 0.717) is 12.8 Å². The van der Waals surface area contributed by atoms with E-state index in [4.69, 9.17) is 10.8 Å². The van der Waals surface area contributed by atoms with Crippen LogP contribution in [0.4, 0.5) is 4.79 Å². The van der Waals surface area contributed by atoms with Crippen LogP contribution in [-0.2, 0) is 11.3 Å². The molecular weight excluding hydrogens is 258 g/mol. The van der Waals surface area contributed by atoms with E-state index in [1.165, 1.54) is 5.56 Å². The Kier molecular flexibility index (Phi) is 7.13. The maximum atomic E-state index is 10.9. The number of amides is 2. The van der Waals surface area contributed by atoms with E-state index in [-0.39, 0.29) is 0 Å². The molecule has 1 atom stereocenters. The first-order valence-corrected chi connectivity index (χ1v) is 6.63. The van der Waals surface area contributed by atoms with Crippen LogP contribution < -0.4 is 16.4 Å². The van der Waals surface area contributed by atoms with Crippen molar-refractivity contribution in [2.75, 3.05) is 6.54 Å². The summed E-state index contributed by atoms with van der Waals surface area (Å²) in [6.07, 6.45) is 1.93. The molecule has 1 aromatic rings. The van der Waals surface area contributed by atoms with Crippen LogP contribution in [0.1, 0.15) is 24.8 Å². The monoisotopic (exact) mass is 279 g/mol. The van der Waals surface area contributed by atoms with Gasteiger partial charge in [0.25, 0.3) is 0 Å². The van der Waals surface area contributed by atoms with Gasteiger partial charge in [-0.15, -0.1) is 0 Å². The second kappa shape index (κ2) is 8.92. The van der Waals surface area contributed by atoms with Gasteiger partial charge in [-0.1, -0.05) is 30.3 Å². The molecular formula is C14H21N3O3. The fraction of sp³-hybridized carbons (Fsp3) is 0.429. The Morgan fingerprint density at radius 2 is 1.90 bits per heavy atom. The van der Waals surface area contributed by atoms with Gasteiger partial charge in [0.1, 0.15) is 6.04 Å². The number of primary amides is 1. The Morgan fingerprint density at radius 1 is 1.20 bits per heavy atom. The summed E-state index contributed by atoms with van der Waals surface area (Å²) in [5.74, 6) is -1.05. The Balaban J connectivity index is 2.11. The number of rotatable bonds is 9. The summed E-state index contributed by atoms with van der Waals surface area (Å²) < 4.78 is 0. The molecule has 0 radical (unpaired) electrons. The Morgan fingerprint density at radius 3 is 2.50 bits per heavy atom. The Hall–Kier alpha value is -2.08. The molecule has 6 nitrogen and oxygen atoms in total. The van der Waals surface area contributed by atoms with Crippen LogP contribution in [-0.4, -0.2) is 29.7 Å². The summed E-state index contributed by atoms with van der Waals surface area (Å²) >= 11 is 0. The number of carbonyl (C=O) groups excluding carboxylic acids is 1. The lowest BCUT2D eigenvalue weighted by Crippen LogP contribution is -2.43. The molecule has 0 saturated heterocycles. The van der Waals surface area contributed by atoms with Crippen molar-refractivity contribution in [1.29, 1.82) is 0 Å². The minimum absolute atomic E-state index is 0.380. The number of nitrogens with two attached hydrogens (primary N) is 1. The average molecular weight is 279 g/mol. The topological polar surface area (TPSA) is 104 Å². The highest BCUT2D eigenvalue weighted by Gasteiger charge is 2.17. The summed E-state index contributed by atoms with van der Waals surface area (Å²) in [5.41, 5.74) is 6.14. The van der Waals surface area contributed by atoms with Crippen molar-refractivity contribution in [3.05, 3.63) is 35.9 Å². The molecule has 0 aromatic heterocycles. The lowest BCUT2D eigenvalue weighted by molar-refractivity contribution is -0.139. The van der Waals surface area contributed by atoms with Gasteiger partial charge in [-0.25, -0.2) is 9.59 Å². The molecule has 20 heavy (non-hydrogen) atoms. The van der Waals surface area contributed by atoms with Crippen molar-refractivity contribution in [1.82, 2.24) is 10.6 Å². The highest BCUT2D eigenvalue weighted by atomic mass is 16.4. The van der Waals surface area contributed by atoms with Gasteiger partial charge < -0.3 is 21.5 Å². The predicted octanol–water partition coefficient (Wildman–Crippen LogP) is 1.07. The maximum absolute atomic E-state index is 10.9. The summed E-state index contributed by atoms with van der Waals surface area (Å²) in [4.78, 5) is 21.5. The van der Waals surface area contributed by atoms with Gasteiger partial charge in [-0.05, 0) is 31.4 Å². The molecule has 0 aliphatic carbocycles. The third kappa shape index (κ3) is 6.75. The first-order valence-electron chi connectivity index (χ1n) is 6.63. The molecule has 0 aliphatic heterocycles. The van der Waals surface area contributed by atoms with Gasteiger partial charge in [0, 0.05) is 6.54 Å². The molecule has 0 saturated carbocycles. The molecule has 0 spiro atoms. The standard InChI is InChI=1S/C14H21N3O3/c15-14(20)17-12(13(18)19)8-4-5-9-16-10-11-6-2-1-3-7-11/h1-3,6-7,12,16H,4-5,8-10H2,(H,18,19)(H3,15,17,20)/t12-/m1/s1. The minimum atomic E-state index is -1.05. The number of hydrogen-bond donors (Lipinski definition) is 4. The van der Waals surface area contributed by atoms with Crippen LogP contribution in [0, 0.1) is 0 Å². The zero-order valence-corrected chi connectivity index (χ0v) is 11.3. The van der Waals surface area contributed by atoms with E-state index < -0.39 is 18.0 Å². The van der Waals surface area contributed by atoms with Gasteiger partial charge in [0.15, 0.2) is 0 Å². The number of benzene rings is 1. The predicted molar refractivity (Wildman–Crippen MR) is 76.1 cm³/mol. The number of urea groups is 1. The van der Waals surface area contributed by atoms with Gasteiger partial charge >= 0.3 is 12.0 Å². The van der Waals surface area contributed by atoms with E-state index >= 15 is 0 Å². The molecule has 0 heterocycles. The molecule has 0 aliphatic rings. The number of unbranched alkanes of at least 4 members (excludes halogenated alkanes) is 1. The largest absolute Gasteiger partial charge is 0.480 e. The van der Waals surface area contributed by atoms with Gasteiger partial charge in [-0.2, -0.15) is 0 Å². The van der Waals surface area contributed by atoms with Crippen molar-refractivity contribution in [2.45, 2.75) is 31.8 Å². The zero-order chi connectivity index (χ0) is 14.8. The van der Waals surface area contributed by atoms with Crippen molar-refractivity contribution in [2.24, 2.45) is 5.73 Å². The minimum Gasteiger partial charge on any atom is -0.480 e. The molecule has 0 unspecified atom stereocenters. The third-order valence-electron chi connectivity index (χ3n) is 2.88. The van der Waals surface area contributed by atoms with E-state index in [1.807, 2.05) is 30.3 Å². The quantitative estimate of drug-likeness (QED) is 0.507. The van der Waals surface area contributed by atoms with E-state index in [2.05, 4.69) is 10.6 Å². The number of carbonyl (C=O) groups is 2. The molecule has 110 valence electrons. The smallest absolute Gasteiger partial charge is 0.326 e. The summed E-state index contributed by atoms with van der Waals surface area (Å²) in [7, 11) is 0. The summed E-state index contributed by atoms with van der Waals surface area (Å²) in [6, 6.07) is 8.34. The van der Waals surface area contributed by atoms with Crippen LogP contribution in [0.3, 0.4) is 0 Å². The molecule has 6 heteroatoms. The van der Waals surface area contributed by atoms with Crippen molar-refractivity contribution in [3.8, 4) is 0 Å². The van der Waals surface area contributed by atoms with Gasteiger partial charge in [0.05, 0.1) is 0 Å². The molecule has 1 rings (SSSR count). The second-order valence-corrected chi connectivity index (χ2v) is 4.56. The van der Waals surface area contributed by atoms with Crippen molar-refractivity contribution >= 4 is 12.0 Å². The highest BCUT2D eigenvalue weighted by molar-refractivity contribution is 5.81. The number of nitrogens with one attached hydrogen (secondary N) is 2. The number of hydrogen-bond acceptors (Lipinski definition) is 3. The van der Waals surface area contributed by atoms with Crippen LogP contribution >= 0.6 is 0 Å². The van der Waals surface area contributed by atoms with Crippen molar-refractivity contribution < 1.29 is 14.7 Å². The van der Waals surface area contributed by atoms with Gasteiger partial charge in [0.2, 0.25) is 0 Å². The molecule has 1 aromatic carbocycles. The van der Waals surface area contributed by atoms with E-state index in [0.717, 1.165) is 19.5 Å². The number of carboxylic acid groups (broad SMARTS) is 1. The third-order valence-corrected chi connectivity index (χ3v) is 2.88. The number of carboxylic acids is 1. The summed E-state index contributed by atoms with van der Waals surface area (Å²) in [5, 5.41) is 14.4. The lowest BCUT2D eigenvalue weighted by atomic mass is 10.1. The van der Waals surface area contributed by atoms with Crippen LogP contribution in [0.5, 0.6) is 0 Å². The SMILES string of the molecule is NC(=O)N[C@H](CCCCNCc1ccccc1)C(=O)O. The lowest BCUT2D eigenvalue weighted by Gasteiger charge is -2.12.